The second-order valence-electron chi connectivity index (χ2n) is 14.8. The van der Waals surface area contributed by atoms with Gasteiger partial charge in [0.25, 0.3) is 11.7 Å². The molecule has 292 valence electrons. The number of fused-ring (bicyclic) bond motifs is 2. The number of ether oxygens (including phenoxy) is 3. The molecule has 14 heteroatoms. The van der Waals surface area contributed by atoms with E-state index in [0.717, 1.165) is 12.1 Å². The topological polar surface area (TPSA) is 198 Å². The minimum atomic E-state index is -2.03. The summed E-state index contributed by atoms with van der Waals surface area (Å²) in [6.45, 7) is 11.1. The molecule has 4 aliphatic rings. The van der Waals surface area contributed by atoms with E-state index >= 15 is 0 Å². The van der Waals surface area contributed by atoms with Crippen LogP contribution in [0.4, 0.5) is 10.1 Å². The van der Waals surface area contributed by atoms with Gasteiger partial charge in [0.05, 0.1) is 41.6 Å². The number of benzene rings is 3. The molecule has 9 atom stereocenters. The maximum Gasteiger partial charge on any atom is 0.312 e. The van der Waals surface area contributed by atoms with Gasteiger partial charge in [0.15, 0.2) is 11.3 Å². The van der Waals surface area contributed by atoms with Gasteiger partial charge in [-0.15, -0.1) is 0 Å². The van der Waals surface area contributed by atoms with Gasteiger partial charge in [-0.1, -0.05) is 45.9 Å². The second kappa shape index (κ2) is 14.8. The van der Waals surface area contributed by atoms with Crippen LogP contribution in [0.25, 0.3) is 33.3 Å². The van der Waals surface area contributed by atoms with Crippen LogP contribution in [0.1, 0.15) is 57.5 Å². The van der Waals surface area contributed by atoms with E-state index in [2.05, 4.69) is 10.3 Å². The molecule has 0 spiro atoms. The summed E-state index contributed by atoms with van der Waals surface area (Å²) in [6.07, 6.45) is 3.29. The van der Waals surface area contributed by atoms with Gasteiger partial charge in [-0.05, 0) is 32.1 Å². The first-order valence-corrected chi connectivity index (χ1v) is 18.0. The third-order valence-corrected chi connectivity index (χ3v) is 11.0. The van der Waals surface area contributed by atoms with E-state index in [1.165, 1.54) is 52.4 Å². The van der Waals surface area contributed by atoms with Crippen molar-refractivity contribution >= 4 is 39.2 Å². The Kier molecular flexibility index (Phi) is 10.7. The molecule has 0 radical (unpaired) electrons. The first-order chi connectivity index (χ1) is 25.9. The van der Waals surface area contributed by atoms with E-state index in [1.54, 1.807) is 39.8 Å². The third-order valence-electron chi connectivity index (χ3n) is 11.0. The molecule has 5 N–H and O–H groups in total. The van der Waals surface area contributed by atoms with Crippen molar-refractivity contribution in [2.24, 2.45) is 23.7 Å². The summed E-state index contributed by atoms with van der Waals surface area (Å²) in [5.41, 5.74) is -1.30. The predicted molar refractivity (Wildman–Crippen MR) is 201 cm³/mol. The summed E-state index contributed by atoms with van der Waals surface area (Å²) in [5, 5.41) is 47.4. The van der Waals surface area contributed by atoms with Crippen LogP contribution >= 0.6 is 0 Å². The number of hydrogen-bond acceptors (Lipinski definition) is 12. The summed E-state index contributed by atoms with van der Waals surface area (Å²) in [6, 6.07) is 3.56. The molecule has 2 aromatic carbocycles. The zero-order chi connectivity index (χ0) is 40.3. The molecule has 1 amide bonds. The van der Waals surface area contributed by atoms with Gasteiger partial charge in [-0.25, -0.2) is 9.37 Å². The number of aliphatic hydroxyl groups excluding tert-OH is 3. The van der Waals surface area contributed by atoms with E-state index in [-0.39, 0.29) is 55.8 Å². The molecular weight excluding hydrogens is 715 g/mol. The molecule has 0 aromatic heterocycles. The van der Waals surface area contributed by atoms with Crippen molar-refractivity contribution in [1.29, 1.82) is 0 Å². The molecule has 0 saturated carbocycles. The summed E-state index contributed by atoms with van der Waals surface area (Å²) in [7, 11) is 1.43. The van der Waals surface area contributed by atoms with Gasteiger partial charge in [0.2, 0.25) is 5.43 Å². The van der Waals surface area contributed by atoms with Gasteiger partial charge in [0, 0.05) is 60.3 Å². The van der Waals surface area contributed by atoms with Gasteiger partial charge in [0.1, 0.15) is 34.2 Å². The lowest BCUT2D eigenvalue weighted by Gasteiger charge is -2.36. The first kappa shape index (κ1) is 39.5. The molecule has 13 nitrogen and oxygen atoms in total. The number of halogens is 1. The highest BCUT2D eigenvalue weighted by Gasteiger charge is 2.50. The highest BCUT2D eigenvalue weighted by atomic mass is 19.1. The number of carbonyl (C=O) groups excluding carboxylic acids is 2. The Hall–Kier alpha value is -5.15. The SMILES string of the molecule is CO[C@H]1/C=C/O[C@@]2(C)Oc3c(C)c(O)c4c(=O)c(c5oc6cc(F)ccc6nc-5c4c3C2=O)NC(=O)/C(C)=C\C=C\[C@H](C)[C@H](O)[C@@H](C)[C@@H](O)[C@@H](C)[C@H](O)[C@@H]1C. The van der Waals surface area contributed by atoms with Crippen molar-refractivity contribution in [2.45, 2.75) is 78.7 Å². The zero-order valence-electron chi connectivity index (χ0n) is 31.7. The van der Waals surface area contributed by atoms with Gasteiger partial charge in [-0.2, -0.15) is 0 Å². The highest BCUT2D eigenvalue weighted by Crippen LogP contribution is 2.50. The molecule has 0 fully saturated rings. The van der Waals surface area contributed by atoms with Gasteiger partial charge < -0.3 is 44.4 Å². The number of phenols is 1. The van der Waals surface area contributed by atoms with E-state index < -0.39 is 88.2 Å². The Morgan fingerprint density at radius 3 is 2.31 bits per heavy atom. The Balaban J connectivity index is 1.59. The van der Waals surface area contributed by atoms with Crippen molar-refractivity contribution < 1.29 is 53.0 Å². The van der Waals surface area contributed by atoms with Crippen LogP contribution in [0.2, 0.25) is 0 Å². The lowest BCUT2D eigenvalue weighted by atomic mass is 9.78. The fourth-order valence-electron chi connectivity index (χ4n) is 7.39. The van der Waals surface area contributed by atoms with Gasteiger partial charge >= 0.3 is 5.79 Å². The molecule has 6 rings (SSSR count). The van der Waals surface area contributed by atoms with Crippen molar-refractivity contribution in [2.75, 3.05) is 12.4 Å². The average molecular weight is 761 g/mol. The largest absolute Gasteiger partial charge is 0.507 e. The molecule has 0 saturated heterocycles. The van der Waals surface area contributed by atoms with Crippen molar-refractivity contribution in [3.05, 3.63) is 81.5 Å². The van der Waals surface area contributed by atoms with Gasteiger partial charge in [-0.3, -0.25) is 14.4 Å². The van der Waals surface area contributed by atoms with Crippen LogP contribution in [0.15, 0.2) is 63.6 Å². The lowest BCUT2D eigenvalue weighted by molar-refractivity contribution is -0.112. The maximum atomic E-state index is 14.4. The second-order valence-corrected chi connectivity index (χ2v) is 14.8. The number of methoxy groups -OCH3 is 1. The standard InChI is InChI=1S/C41H45FN2O11/c1-17-10-9-11-18(2)40(51)44-31-36(49)28-27(30-38(31)54-26-16-23(42)12-13-24(26)43-30)29-37(22(6)35(28)48)55-41(7,39(29)50)53-15-14-25(52-8)19(3)33(46)21(5)34(47)20(4)32(17)45/h9-17,19-21,25,32-34,45-48H,1-8H3,(H,44,51)/b10-9+,15-14+,18-11-/t17-,19+,20+,21-,25-,32-,33+,34+,41-/m0/s1. The average Bonchev–Trinajstić information content (AvgIpc) is 3.42. The minimum Gasteiger partial charge on any atom is -0.507 e. The fraction of sp³-hybridized carbons (Fsp3) is 0.415. The Morgan fingerprint density at radius 1 is 0.945 bits per heavy atom. The number of nitrogens with one attached hydrogen (secondary N) is 1. The Morgan fingerprint density at radius 2 is 1.62 bits per heavy atom. The number of ketones is 1. The van der Waals surface area contributed by atoms with Crippen LogP contribution in [0.3, 0.4) is 0 Å². The van der Waals surface area contributed by atoms with Crippen LogP contribution < -0.4 is 15.5 Å². The van der Waals surface area contributed by atoms with E-state index in [4.69, 9.17) is 18.6 Å². The normalized spacial score (nSPS) is 31.6. The number of anilines is 1. The van der Waals surface area contributed by atoms with Crippen LogP contribution in [0, 0.1) is 36.4 Å². The quantitative estimate of drug-likeness (QED) is 0.121. The Labute approximate surface area is 316 Å². The number of aliphatic hydroxyl groups is 3. The molecule has 55 heavy (non-hydrogen) atoms. The monoisotopic (exact) mass is 760 g/mol. The van der Waals surface area contributed by atoms with E-state index in [1.807, 2.05) is 0 Å². The number of hydrogen-bond donors (Lipinski definition) is 5. The van der Waals surface area contributed by atoms with Crippen molar-refractivity contribution in [1.82, 2.24) is 4.98 Å². The number of phenolic OH excluding ortho intramolecular Hbond substituents is 1. The number of amides is 1. The number of rotatable bonds is 1. The smallest absolute Gasteiger partial charge is 0.312 e. The van der Waals surface area contributed by atoms with Crippen LogP contribution in [-0.2, 0) is 14.3 Å². The number of carbonyl (C=O) groups is 2. The zero-order valence-corrected chi connectivity index (χ0v) is 31.7. The Bertz CT molecular complexity index is 2320. The van der Waals surface area contributed by atoms with Crippen LogP contribution in [-0.4, -0.2) is 74.4 Å². The summed E-state index contributed by atoms with van der Waals surface area (Å²) in [4.78, 5) is 47.1. The molecule has 0 unspecified atom stereocenters. The van der Waals surface area contributed by atoms with E-state index in [9.17, 15) is 39.2 Å². The minimum absolute atomic E-state index is 0.0389. The molecule has 3 heterocycles. The molecule has 1 aliphatic carbocycles. The first-order valence-electron chi connectivity index (χ1n) is 18.0. The number of allylic oxidation sites excluding steroid dienone is 2. The number of Topliss-reactive ketones (excluding diaryl/α,β-unsaturated/α-hetero) is 1. The summed E-state index contributed by atoms with van der Waals surface area (Å²) in [5.74, 6) is -7.55. The molecular formula is C41H45FN2O11. The van der Waals surface area contributed by atoms with Crippen LogP contribution in [0.5, 0.6) is 11.5 Å². The number of nitrogens with zero attached hydrogens (tertiary/aromatic N) is 1. The maximum absolute atomic E-state index is 14.4. The predicted octanol–water partition coefficient (Wildman–Crippen LogP) is 5.52. The number of aromatic nitrogens is 1. The molecule has 2 aromatic rings. The fourth-order valence-corrected chi connectivity index (χ4v) is 7.39. The summed E-state index contributed by atoms with van der Waals surface area (Å²) >= 11 is 0. The highest BCUT2D eigenvalue weighted by molar-refractivity contribution is 6.22. The number of aromatic hydroxyl groups is 1. The third kappa shape index (κ3) is 6.77. The summed E-state index contributed by atoms with van der Waals surface area (Å²) < 4.78 is 38.1. The molecule has 3 aliphatic heterocycles. The molecule has 4 bridgehead atoms. The lowest BCUT2D eigenvalue weighted by Crippen LogP contribution is -2.44. The van der Waals surface area contributed by atoms with Crippen molar-refractivity contribution in [3.8, 4) is 23.0 Å². The van der Waals surface area contributed by atoms with E-state index in [0.29, 0.717) is 0 Å². The van der Waals surface area contributed by atoms with Crippen molar-refractivity contribution in [3.63, 3.8) is 0 Å².